The second-order valence-corrected chi connectivity index (χ2v) is 7.96. The molecule has 1 N–H and O–H groups in total. The number of nitriles is 1. The third-order valence-electron chi connectivity index (χ3n) is 5.87. The number of benzene rings is 3. The molecule has 5 nitrogen and oxygen atoms in total. The van der Waals surface area contributed by atoms with Crippen molar-refractivity contribution in [2.75, 3.05) is 31.5 Å². The summed E-state index contributed by atoms with van der Waals surface area (Å²) < 4.78 is 27.7. The summed E-state index contributed by atoms with van der Waals surface area (Å²) in [5.41, 5.74) is 1.73. The number of amides is 1. The first kappa shape index (κ1) is 23.1. The number of para-hydroxylation sites is 1. The van der Waals surface area contributed by atoms with Gasteiger partial charge in [-0.2, -0.15) is 5.26 Å². The van der Waals surface area contributed by atoms with Gasteiger partial charge in [-0.3, -0.25) is 9.69 Å². The summed E-state index contributed by atoms with van der Waals surface area (Å²) >= 11 is 0. The standard InChI is InChI=1S/C27H24F2N4O/c28-23-12-7-13-24(29)25(23)31-19-22(18-30)27(34)33-16-14-32(15-17-33)26(20-8-3-1-4-9-20)21-10-5-2-6-11-21/h1-13,19,26,31H,14-17H2/b22-19-. The molecule has 3 aromatic carbocycles. The van der Waals surface area contributed by atoms with Crippen LogP contribution in [0.4, 0.5) is 14.5 Å². The second kappa shape index (κ2) is 10.7. The molecule has 3 aromatic rings. The minimum absolute atomic E-state index is 0.0522. The molecule has 0 radical (unpaired) electrons. The van der Waals surface area contributed by atoms with Crippen LogP contribution in [0.3, 0.4) is 0 Å². The first-order chi connectivity index (χ1) is 16.6. The second-order valence-electron chi connectivity index (χ2n) is 7.96. The molecule has 1 saturated heterocycles. The number of anilines is 1. The fraction of sp³-hybridized carbons (Fsp3) is 0.185. The van der Waals surface area contributed by atoms with E-state index in [1.54, 1.807) is 4.90 Å². The van der Waals surface area contributed by atoms with E-state index in [-0.39, 0.29) is 11.6 Å². The van der Waals surface area contributed by atoms with Crippen molar-refractivity contribution >= 4 is 11.6 Å². The van der Waals surface area contributed by atoms with Crippen molar-refractivity contribution < 1.29 is 13.6 Å². The number of piperazine rings is 1. The Kier molecular flexibility index (Phi) is 7.31. The van der Waals surface area contributed by atoms with Gasteiger partial charge in [-0.25, -0.2) is 8.78 Å². The highest BCUT2D eigenvalue weighted by molar-refractivity contribution is 5.97. The zero-order chi connectivity index (χ0) is 23.9. The summed E-state index contributed by atoms with van der Waals surface area (Å²) in [6.07, 6.45) is 1.06. The third kappa shape index (κ3) is 5.13. The number of hydrogen-bond acceptors (Lipinski definition) is 4. The highest BCUT2D eigenvalue weighted by atomic mass is 19.1. The van der Waals surface area contributed by atoms with Crippen molar-refractivity contribution in [1.29, 1.82) is 5.26 Å². The Morgan fingerprint density at radius 3 is 1.88 bits per heavy atom. The number of rotatable bonds is 6. The number of carbonyl (C=O) groups excluding carboxylic acids is 1. The van der Waals surface area contributed by atoms with Gasteiger partial charge in [0.05, 0.1) is 6.04 Å². The third-order valence-corrected chi connectivity index (χ3v) is 5.87. The lowest BCUT2D eigenvalue weighted by Crippen LogP contribution is -2.50. The molecule has 1 aliphatic heterocycles. The number of hydrogen-bond donors (Lipinski definition) is 1. The maximum absolute atomic E-state index is 13.8. The maximum atomic E-state index is 13.8. The van der Waals surface area contributed by atoms with Crippen molar-refractivity contribution in [3.8, 4) is 6.07 Å². The summed E-state index contributed by atoms with van der Waals surface area (Å²) in [7, 11) is 0. The molecule has 0 bridgehead atoms. The molecule has 7 heteroatoms. The number of nitrogens with one attached hydrogen (secondary N) is 1. The summed E-state index contributed by atoms with van der Waals surface area (Å²) in [4.78, 5) is 16.8. The molecular weight excluding hydrogens is 434 g/mol. The fourth-order valence-corrected chi connectivity index (χ4v) is 4.16. The zero-order valence-electron chi connectivity index (χ0n) is 18.5. The topological polar surface area (TPSA) is 59.4 Å². The lowest BCUT2D eigenvalue weighted by molar-refractivity contribution is -0.128. The Balaban J connectivity index is 1.46. The van der Waals surface area contributed by atoms with E-state index in [9.17, 15) is 18.8 Å². The van der Waals surface area contributed by atoms with E-state index >= 15 is 0 Å². The van der Waals surface area contributed by atoms with Gasteiger partial charge in [0, 0.05) is 32.4 Å². The van der Waals surface area contributed by atoms with Gasteiger partial charge in [-0.15, -0.1) is 0 Å². The molecular formula is C27H24F2N4O. The van der Waals surface area contributed by atoms with E-state index in [0.717, 1.165) is 18.3 Å². The van der Waals surface area contributed by atoms with E-state index < -0.39 is 23.2 Å². The van der Waals surface area contributed by atoms with Gasteiger partial charge in [0.2, 0.25) is 0 Å². The molecule has 1 heterocycles. The molecule has 34 heavy (non-hydrogen) atoms. The average molecular weight is 459 g/mol. The highest BCUT2D eigenvalue weighted by Crippen LogP contribution is 2.29. The summed E-state index contributed by atoms with van der Waals surface area (Å²) in [5, 5.41) is 11.9. The van der Waals surface area contributed by atoms with Crippen molar-refractivity contribution in [2.24, 2.45) is 0 Å². The fourth-order valence-electron chi connectivity index (χ4n) is 4.16. The quantitative estimate of drug-likeness (QED) is 0.429. The maximum Gasteiger partial charge on any atom is 0.266 e. The van der Waals surface area contributed by atoms with E-state index in [2.05, 4.69) is 34.5 Å². The summed E-state index contributed by atoms with van der Waals surface area (Å²) in [6.45, 7) is 2.10. The van der Waals surface area contributed by atoms with Crippen molar-refractivity contribution in [3.05, 3.63) is 113 Å². The average Bonchev–Trinajstić information content (AvgIpc) is 2.87. The molecule has 4 rings (SSSR count). The number of halogens is 2. The lowest BCUT2D eigenvalue weighted by Gasteiger charge is -2.39. The van der Waals surface area contributed by atoms with Crippen LogP contribution in [-0.4, -0.2) is 41.9 Å². The molecule has 0 aliphatic carbocycles. The molecule has 0 aromatic heterocycles. The first-order valence-electron chi connectivity index (χ1n) is 11.0. The Labute approximate surface area is 197 Å². The zero-order valence-corrected chi connectivity index (χ0v) is 18.5. The Morgan fingerprint density at radius 1 is 0.853 bits per heavy atom. The minimum atomic E-state index is -0.803. The van der Waals surface area contributed by atoms with Crippen LogP contribution >= 0.6 is 0 Å². The van der Waals surface area contributed by atoms with E-state index in [1.807, 2.05) is 42.5 Å². The van der Waals surface area contributed by atoms with Gasteiger partial charge in [0.25, 0.3) is 5.91 Å². The minimum Gasteiger partial charge on any atom is -0.355 e. The van der Waals surface area contributed by atoms with Crippen molar-refractivity contribution in [2.45, 2.75) is 6.04 Å². The van der Waals surface area contributed by atoms with Gasteiger partial charge in [0.1, 0.15) is 29.0 Å². The summed E-state index contributed by atoms with van der Waals surface area (Å²) in [5.74, 6) is -2.08. The summed E-state index contributed by atoms with van der Waals surface area (Å²) in [6, 6.07) is 25.8. The molecule has 1 fully saturated rings. The van der Waals surface area contributed by atoms with E-state index in [4.69, 9.17) is 0 Å². The van der Waals surface area contributed by atoms with Gasteiger partial charge in [0.15, 0.2) is 0 Å². The van der Waals surface area contributed by atoms with Crippen LogP contribution in [0.15, 0.2) is 90.6 Å². The van der Waals surface area contributed by atoms with Crippen LogP contribution in [0.25, 0.3) is 0 Å². The lowest BCUT2D eigenvalue weighted by atomic mass is 9.96. The molecule has 0 spiro atoms. The number of carbonyl (C=O) groups is 1. The van der Waals surface area contributed by atoms with Crippen molar-refractivity contribution in [1.82, 2.24) is 9.80 Å². The van der Waals surface area contributed by atoms with E-state index in [1.165, 1.54) is 17.2 Å². The Morgan fingerprint density at radius 2 is 1.38 bits per heavy atom. The van der Waals surface area contributed by atoms with Gasteiger partial charge in [-0.1, -0.05) is 66.7 Å². The van der Waals surface area contributed by atoms with Gasteiger partial charge < -0.3 is 10.2 Å². The predicted molar refractivity (Wildman–Crippen MR) is 127 cm³/mol. The Hall–Kier alpha value is -4.02. The monoisotopic (exact) mass is 458 g/mol. The van der Waals surface area contributed by atoms with Crippen LogP contribution in [-0.2, 0) is 4.79 Å². The smallest absolute Gasteiger partial charge is 0.266 e. The Bertz CT molecular complexity index is 1140. The van der Waals surface area contributed by atoms with E-state index in [0.29, 0.717) is 26.2 Å². The molecule has 0 unspecified atom stereocenters. The van der Waals surface area contributed by atoms with Crippen molar-refractivity contribution in [3.63, 3.8) is 0 Å². The molecule has 0 saturated carbocycles. The largest absolute Gasteiger partial charge is 0.355 e. The molecule has 1 amide bonds. The van der Waals surface area contributed by atoms with Gasteiger partial charge in [-0.05, 0) is 23.3 Å². The molecule has 172 valence electrons. The van der Waals surface area contributed by atoms with Crippen LogP contribution in [0.1, 0.15) is 17.2 Å². The van der Waals surface area contributed by atoms with Crippen LogP contribution < -0.4 is 5.32 Å². The van der Waals surface area contributed by atoms with Crippen LogP contribution in [0.5, 0.6) is 0 Å². The number of nitrogens with zero attached hydrogens (tertiary/aromatic N) is 3. The molecule has 1 aliphatic rings. The normalized spacial score (nSPS) is 14.6. The van der Waals surface area contributed by atoms with Crippen LogP contribution in [0, 0.1) is 23.0 Å². The molecule has 0 atom stereocenters. The highest BCUT2D eigenvalue weighted by Gasteiger charge is 2.29. The first-order valence-corrected chi connectivity index (χ1v) is 11.0. The van der Waals surface area contributed by atoms with Gasteiger partial charge >= 0.3 is 0 Å². The predicted octanol–water partition coefficient (Wildman–Crippen LogP) is 4.72. The SMILES string of the molecule is N#C/C(=C/Nc1c(F)cccc1F)C(=O)N1CCN(C(c2ccccc2)c2ccccc2)CC1. The van der Waals surface area contributed by atoms with Crippen LogP contribution in [0.2, 0.25) is 0 Å².